The molecule has 4 aromatic rings. The second-order valence-corrected chi connectivity index (χ2v) is 8.71. The first kappa shape index (κ1) is 18.3. The molecule has 0 unspecified atom stereocenters. The van der Waals surface area contributed by atoms with Crippen LogP contribution in [0.4, 0.5) is 5.13 Å². The fraction of sp³-hybridized carbons (Fsp3) is 0.316. The van der Waals surface area contributed by atoms with Crippen molar-refractivity contribution >= 4 is 43.9 Å². The zero-order valence-corrected chi connectivity index (χ0v) is 16.9. The van der Waals surface area contributed by atoms with Crippen LogP contribution in [0, 0.1) is 0 Å². The second-order valence-electron chi connectivity index (χ2n) is 7.67. The van der Waals surface area contributed by atoms with Crippen LogP contribution >= 0.6 is 11.3 Å². The Bertz CT molecular complexity index is 1260. The number of rotatable bonds is 3. The molecule has 0 radical (unpaired) electrons. The zero-order valence-electron chi connectivity index (χ0n) is 16.1. The summed E-state index contributed by atoms with van der Waals surface area (Å²) >= 11 is 1.45. The molecule has 144 valence electrons. The minimum Gasteiger partial charge on any atom is -0.304 e. The van der Waals surface area contributed by atoms with E-state index in [-0.39, 0.29) is 23.4 Å². The maximum atomic E-state index is 12.5. The van der Waals surface area contributed by atoms with Gasteiger partial charge in [-0.25, -0.2) is 15.0 Å². The van der Waals surface area contributed by atoms with Crippen LogP contribution in [0.3, 0.4) is 0 Å². The summed E-state index contributed by atoms with van der Waals surface area (Å²) in [6, 6.07) is 6.17. The molecule has 3 heterocycles. The first-order chi connectivity index (χ1) is 13.2. The van der Waals surface area contributed by atoms with Gasteiger partial charge in [0.2, 0.25) is 5.91 Å². The number of imidazole rings is 1. The number of carbonyl (C=O) groups excluding carboxylic acids is 1. The molecule has 8 nitrogen and oxygen atoms in total. The lowest BCUT2D eigenvalue weighted by Gasteiger charge is -2.18. The molecule has 0 saturated carbocycles. The Balaban J connectivity index is 1.56. The maximum absolute atomic E-state index is 12.5. The minimum absolute atomic E-state index is 0.0326. The van der Waals surface area contributed by atoms with Crippen LogP contribution in [0.1, 0.15) is 26.3 Å². The molecular weight excluding hydrogens is 376 g/mol. The van der Waals surface area contributed by atoms with Gasteiger partial charge in [0.15, 0.2) is 16.4 Å². The molecule has 0 saturated heterocycles. The highest BCUT2D eigenvalue weighted by atomic mass is 32.1. The van der Waals surface area contributed by atoms with Crippen molar-refractivity contribution in [1.29, 1.82) is 0 Å². The molecule has 0 aliphatic heterocycles. The van der Waals surface area contributed by atoms with Crippen LogP contribution in [0.5, 0.6) is 0 Å². The minimum atomic E-state index is -0.244. The third-order valence-corrected chi connectivity index (χ3v) is 5.49. The first-order valence-corrected chi connectivity index (χ1v) is 9.62. The monoisotopic (exact) mass is 396 g/mol. The number of amides is 1. The Labute approximate surface area is 164 Å². The van der Waals surface area contributed by atoms with E-state index in [4.69, 9.17) is 0 Å². The van der Waals surface area contributed by atoms with Gasteiger partial charge >= 0.3 is 0 Å². The van der Waals surface area contributed by atoms with Crippen LogP contribution in [0.25, 0.3) is 21.5 Å². The van der Waals surface area contributed by atoms with Gasteiger partial charge in [0, 0.05) is 7.05 Å². The number of nitrogens with zero attached hydrogens (tertiary/aromatic N) is 5. The topological polar surface area (TPSA) is 94.7 Å². The third-order valence-electron chi connectivity index (χ3n) is 4.55. The number of aryl methyl sites for hydroxylation is 1. The highest BCUT2D eigenvalue weighted by Crippen LogP contribution is 2.31. The van der Waals surface area contributed by atoms with E-state index >= 15 is 0 Å². The number of hydrogen-bond acceptors (Lipinski definition) is 6. The number of thiazole rings is 1. The fourth-order valence-corrected chi connectivity index (χ4v) is 3.84. The highest BCUT2D eigenvalue weighted by molar-refractivity contribution is 7.22. The summed E-state index contributed by atoms with van der Waals surface area (Å²) in [5.41, 5.74) is 2.82. The molecule has 1 N–H and O–H groups in total. The molecule has 1 amide bonds. The molecule has 0 fully saturated rings. The van der Waals surface area contributed by atoms with Gasteiger partial charge in [0.1, 0.15) is 6.54 Å². The number of hydrogen-bond donors (Lipinski definition) is 1. The fourth-order valence-electron chi connectivity index (χ4n) is 2.91. The summed E-state index contributed by atoms with van der Waals surface area (Å²) in [6.07, 6.45) is 2.73. The Hall–Kier alpha value is -3.07. The van der Waals surface area contributed by atoms with Gasteiger partial charge in [0.25, 0.3) is 5.56 Å². The molecule has 9 heteroatoms. The summed E-state index contributed by atoms with van der Waals surface area (Å²) in [5, 5.41) is 3.39. The van der Waals surface area contributed by atoms with E-state index in [1.165, 1.54) is 34.0 Å². The third kappa shape index (κ3) is 3.29. The molecule has 0 aliphatic carbocycles. The Morgan fingerprint density at radius 3 is 2.75 bits per heavy atom. The number of anilines is 1. The van der Waals surface area contributed by atoms with Crippen LogP contribution < -0.4 is 10.9 Å². The summed E-state index contributed by atoms with van der Waals surface area (Å²) in [5.74, 6) is -0.231. The van der Waals surface area contributed by atoms with Crippen molar-refractivity contribution in [1.82, 2.24) is 24.1 Å². The SMILES string of the molecule is Cn1c(=O)cnc2c1ncn2CC(=O)Nc1nc2ccc(C(C)(C)C)cc2s1. The van der Waals surface area contributed by atoms with E-state index < -0.39 is 0 Å². The molecule has 0 spiro atoms. The van der Waals surface area contributed by atoms with Crippen LogP contribution in [0.15, 0.2) is 35.5 Å². The predicted molar refractivity (Wildman–Crippen MR) is 110 cm³/mol. The lowest BCUT2D eigenvalue weighted by atomic mass is 9.87. The van der Waals surface area contributed by atoms with Crippen molar-refractivity contribution in [2.45, 2.75) is 32.7 Å². The Morgan fingerprint density at radius 2 is 2.00 bits per heavy atom. The van der Waals surface area contributed by atoms with Crippen LogP contribution in [-0.4, -0.2) is 30.0 Å². The molecular formula is C19H20N6O2S. The van der Waals surface area contributed by atoms with E-state index in [9.17, 15) is 9.59 Å². The van der Waals surface area contributed by atoms with Crippen molar-refractivity contribution < 1.29 is 4.79 Å². The summed E-state index contributed by atoms with van der Waals surface area (Å²) in [6.45, 7) is 6.52. The van der Waals surface area contributed by atoms with Crippen molar-refractivity contribution in [3.05, 3.63) is 46.6 Å². The van der Waals surface area contributed by atoms with Crippen molar-refractivity contribution in [2.75, 3.05) is 5.32 Å². The van der Waals surface area contributed by atoms with Crippen LogP contribution in [0.2, 0.25) is 0 Å². The molecule has 0 aliphatic rings. The predicted octanol–water partition coefficient (Wildman–Crippen LogP) is 2.68. The second kappa shape index (κ2) is 6.52. The molecule has 3 aromatic heterocycles. The molecule has 4 rings (SSSR count). The molecule has 0 bridgehead atoms. The van der Waals surface area contributed by atoms with Crippen molar-refractivity contribution in [2.24, 2.45) is 7.05 Å². The van der Waals surface area contributed by atoms with E-state index in [1.54, 1.807) is 11.6 Å². The Kier molecular flexibility index (Phi) is 4.26. The molecule has 0 atom stereocenters. The normalized spacial score (nSPS) is 12.0. The number of nitrogens with one attached hydrogen (secondary N) is 1. The van der Waals surface area contributed by atoms with E-state index in [1.807, 2.05) is 6.07 Å². The molecule has 1 aromatic carbocycles. The standard InChI is InChI=1S/C19H20N6O2S/c1-19(2,3)11-5-6-12-13(7-11)28-18(22-12)23-14(26)9-25-10-21-16-17(25)20-8-15(27)24(16)4/h5-8,10H,9H2,1-4H3,(H,22,23,26). The highest BCUT2D eigenvalue weighted by Gasteiger charge is 2.16. The van der Waals surface area contributed by atoms with E-state index in [0.29, 0.717) is 16.4 Å². The van der Waals surface area contributed by atoms with Gasteiger partial charge < -0.3 is 9.88 Å². The van der Waals surface area contributed by atoms with Crippen molar-refractivity contribution in [3.63, 3.8) is 0 Å². The average Bonchev–Trinajstić information content (AvgIpc) is 3.20. The lowest BCUT2D eigenvalue weighted by Crippen LogP contribution is -2.20. The van der Waals surface area contributed by atoms with Gasteiger partial charge in [0.05, 0.1) is 22.7 Å². The van der Waals surface area contributed by atoms with Gasteiger partial charge in [-0.15, -0.1) is 0 Å². The Morgan fingerprint density at radius 1 is 1.21 bits per heavy atom. The number of benzene rings is 1. The average molecular weight is 396 g/mol. The van der Waals surface area contributed by atoms with E-state index in [0.717, 1.165) is 10.2 Å². The first-order valence-electron chi connectivity index (χ1n) is 8.80. The lowest BCUT2D eigenvalue weighted by molar-refractivity contribution is -0.116. The number of carbonyl (C=O) groups is 1. The summed E-state index contributed by atoms with van der Waals surface area (Å²) < 4.78 is 4.04. The zero-order chi connectivity index (χ0) is 20.1. The van der Waals surface area contributed by atoms with Gasteiger partial charge in [-0.2, -0.15) is 0 Å². The van der Waals surface area contributed by atoms with Crippen molar-refractivity contribution in [3.8, 4) is 0 Å². The quantitative estimate of drug-likeness (QED) is 0.574. The number of fused-ring (bicyclic) bond motifs is 2. The summed E-state index contributed by atoms with van der Waals surface area (Å²) in [4.78, 5) is 36.9. The largest absolute Gasteiger partial charge is 0.304 e. The molecule has 28 heavy (non-hydrogen) atoms. The van der Waals surface area contributed by atoms with Gasteiger partial charge in [-0.1, -0.05) is 38.2 Å². The number of aromatic nitrogens is 5. The van der Waals surface area contributed by atoms with E-state index in [2.05, 4.69) is 53.2 Å². The van der Waals surface area contributed by atoms with Crippen LogP contribution in [-0.2, 0) is 23.8 Å². The smallest absolute Gasteiger partial charge is 0.270 e. The maximum Gasteiger partial charge on any atom is 0.270 e. The van der Waals surface area contributed by atoms with Gasteiger partial charge in [-0.3, -0.25) is 14.2 Å². The van der Waals surface area contributed by atoms with Gasteiger partial charge in [-0.05, 0) is 23.1 Å². The summed E-state index contributed by atoms with van der Waals surface area (Å²) in [7, 11) is 1.62.